The Morgan fingerprint density at radius 1 is 1.21 bits per heavy atom. The van der Waals surface area contributed by atoms with Crippen LogP contribution in [0.3, 0.4) is 0 Å². The Balaban J connectivity index is 2.22. The van der Waals surface area contributed by atoms with Crippen molar-refractivity contribution < 1.29 is 9.59 Å². The molecule has 1 aromatic carbocycles. The fourth-order valence-electron chi connectivity index (χ4n) is 1.50. The maximum absolute atomic E-state index is 12.0. The third-order valence-electron chi connectivity index (χ3n) is 2.41. The van der Waals surface area contributed by atoms with Crippen molar-refractivity contribution in [3.63, 3.8) is 0 Å². The van der Waals surface area contributed by atoms with E-state index < -0.39 is 11.8 Å². The van der Waals surface area contributed by atoms with Crippen LogP contribution in [0.5, 0.6) is 0 Å². The molecule has 19 heavy (non-hydrogen) atoms. The molecule has 2 amide bonds. The Bertz CT molecular complexity index is 643. The van der Waals surface area contributed by atoms with Crippen LogP contribution in [0.25, 0.3) is 0 Å². The second-order valence-electron chi connectivity index (χ2n) is 3.74. The summed E-state index contributed by atoms with van der Waals surface area (Å²) >= 11 is 5.82. The standard InChI is InChI=1S/C13H10ClN3O2/c14-11-10(5-2-6-16-11)13(19)17-9-4-1-3-8(7-9)12(15)18/h1-7H,(H2,15,18)(H,17,19). The molecule has 0 aliphatic heterocycles. The number of amides is 2. The van der Waals surface area contributed by atoms with Gasteiger partial charge in [-0.15, -0.1) is 0 Å². The Morgan fingerprint density at radius 3 is 2.68 bits per heavy atom. The van der Waals surface area contributed by atoms with E-state index in [2.05, 4.69) is 10.3 Å². The van der Waals surface area contributed by atoms with Crippen LogP contribution in [0.15, 0.2) is 42.6 Å². The van der Waals surface area contributed by atoms with Crippen molar-refractivity contribution in [2.75, 3.05) is 5.32 Å². The number of rotatable bonds is 3. The summed E-state index contributed by atoms with van der Waals surface area (Å²) in [5.41, 5.74) is 6.20. The summed E-state index contributed by atoms with van der Waals surface area (Å²) < 4.78 is 0. The molecule has 0 bridgehead atoms. The molecule has 2 aromatic rings. The molecule has 1 aromatic heterocycles. The number of nitrogens with one attached hydrogen (secondary N) is 1. The van der Waals surface area contributed by atoms with Gasteiger partial charge in [0.1, 0.15) is 5.15 Å². The highest BCUT2D eigenvalue weighted by molar-refractivity contribution is 6.33. The zero-order valence-corrected chi connectivity index (χ0v) is 10.5. The number of pyridine rings is 1. The van der Waals surface area contributed by atoms with Crippen LogP contribution in [-0.2, 0) is 0 Å². The van der Waals surface area contributed by atoms with Crippen molar-refractivity contribution in [1.29, 1.82) is 0 Å². The lowest BCUT2D eigenvalue weighted by molar-refractivity contribution is 0.0996. The Morgan fingerprint density at radius 2 is 2.00 bits per heavy atom. The van der Waals surface area contributed by atoms with Crippen LogP contribution in [0, 0.1) is 0 Å². The number of primary amides is 1. The summed E-state index contributed by atoms with van der Waals surface area (Å²) in [6.45, 7) is 0. The fraction of sp³-hybridized carbons (Fsp3) is 0. The first-order valence-electron chi connectivity index (χ1n) is 5.39. The van der Waals surface area contributed by atoms with Crippen molar-refractivity contribution in [2.24, 2.45) is 5.73 Å². The monoisotopic (exact) mass is 275 g/mol. The van der Waals surface area contributed by atoms with Crippen molar-refractivity contribution in [2.45, 2.75) is 0 Å². The van der Waals surface area contributed by atoms with Crippen LogP contribution in [0.2, 0.25) is 5.15 Å². The molecule has 0 fully saturated rings. The first kappa shape index (κ1) is 13.0. The van der Waals surface area contributed by atoms with Gasteiger partial charge >= 0.3 is 0 Å². The molecule has 5 nitrogen and oxygen atoms in total. The van der Waals surface area contributed by atoms with Crippen molar-refractivity contribution in [1.82, 2.24) is 4.98 Å². The first-order valence-corrected chi connectivity index (χ1v) is 5.77. The van der Waals surface area contributed by atoms with Gasteiger partial charge in [-0.3, -0.25) is 9.59 Å². The molecule has 6 heteroatoms. The average Bonchev–Trinajstić information content (AvgIpc) is 2.39. The number of carbonyl (C=O) groups excluding carboxylic acids is 2. The predicted octanol–water partition coefficient (Wildman–Crippen LogP) is 2.09. The number of nitrogens with two attached hydrogens (primary N) is 1. The molecule has 3 N–H and O–H groups in total. The van der Waals surface area contributed by atoms with Crippen LogP contribution >= 0.6 is 11.6 Å². The number of anilines is 1. The number of hydrogen-bond donors (Lipinski definition) is 2. The van der Waals surface area contributed by atoms with Crippen molar-refractivity contribution in [3.8, 4) is 0 Å². The lowest BCUT2D eigenvalue weighted by Gasteiger charge is -2.06. The van der Waals surface area contributed by atoms with E-state index in [1.165, 1.54) is 12.3 Å². The predicted molar refractivity (Wildman–Crippen MR) is 72.2 cm³/mol. The highest BCUT2D eigenvalue weighted by Crippen LogP contribution is 2.15. The lowest BCUT2D eigenvalue weighted by atomic mass is 10.2. The Hall–Kier alpha value is -2.40. The van der Waals surface area contributed by atoms with Crippen LogP contribution in [0.1, 0.15) is 20.7 Å². The van der Waals surface area contributed by atoms with Crippen molar-refractivity contribution in [3.05, 3.63) is 58.9 Å². The van der Waals surface area contributed by atoms with Gasteiger partial charge in [0.2, 0.25) is 5.91 Å². The highest BCUT2D eigenvalue weighted by Gasteiger charge is 2.11. The molecule has 0 atom stereocenters. The second-order valence-corrected chi connectivity index (χ2v) is 4.10. The van der Waals surface area contributed by atoms with Gasteiger partial charge in [-0.25, -0.2) is 4.98 Å². The topological polar surface area (TPSA) is 85.1 Å². The van der Waals surface area contributed by atoms with Gasteiger partial charge in [-0.1, -0.05) is 17.7 Å². The number of nitrogens with zero attached hydrogens (tertiary/aromatic N) is 1. The van der Waals surface area contributed by atoms with E-state index in [9.17, 15) is 9.59 Å². The second kappa shape index (κ2) is 5.49. The summed E-state index contributed by atoms with van der Waals surface area (Å²) in [5.74, 6) is -0.963. The normalized spacial score (nSPS) is 9.95. The van der Waals surface area contributed by atoms with E-state index >= 15 is 0 Å². The fourth-order valence-corrected chi connectivity index (χ4v) is 1.71. The van der Waals surface area contributed by atoms with E-state index in [1.807, 2.05) is 0 Å². The molecular weight excluding hydrogens is 266 g/mol. The van der Waals surface area contributed by atoms with Gasteiger partial charge < -0.3 is 11.1 Å². The first-order chi connectivity index (χ1) is 9.08. The summed E-state index contributed by atoms with van der Waals surface area (Å²) in [4.78, 5) is 26.8. The van der Waals surface area contributed by atoms with Gasteiger partial charge in [0.05, 0.1) is 5.56 Å². The summed E-state index contributed by atoms with van der Waals surface area (Å²) in [5, 5.41) is 2.74. The molecule has 0 unspecified atom stereocenters. The van der Waals surface area contributed by atoms with Crippen LogP contribution in [0.4, 0.5) is 5.69 Å². The minimum absolute atomic E-state index is 0.117. The maximum atomic E-state index is 12.0. The quantitative estimate of drug-likeness (QED) is 0.841. The van der Waals surface area contributed by atoms with E-state index in [0.29, 0.717) is 11.3 Å². The molecule has 1 heterocycles. The number of carbonyl (C=O) groups is 2. The minimum Gasteiger partial charge on any atom is -0.366 e. The molecular formula is C13H10ClN3O2. The van der Waals surface area contributed by atoms with Gasteiger partial charge in [-0.05, 0) is 30.3 Å². The number of aromatic nitrogens is 1. The van der Waals surface area contributed by atoms with Crippen molar-refractivity contribution >= 4 is 29.1 Å². The summed E-state index contributed by atoms with van der Waals surface area (Å²) in [6, 6.07) is 9.50. The van der Waals surface area contributed by atoms with E-state index in [1.54, 1.807) is 30.3 Å². The molecule has 0 aliphatic carbocycles. The summed E-state index contributed by atoms with van der Waals surface area (Å²) in [7, 11) is 0. The molecule has 0 radical (unpaired) electrons. The minimum atomic E-state index is -0.560. The zero-order chi connectivity index (χ0) is 13.8. The summed E-state index contributed by atoms with van der Waals surface area (Å²) in [6.07, 6.45) is 1.49. The SMILES string of the molecule is NC(=O)c1cccc(NC(=O)c2cccnc2Cl)c1. The molecule has 0 aliphatic rings. The Labute approximate surface area is 114 Å². The largest absolute Gasteiger partial charge is 0.366 e. The van der Waals surface area contributed by atoms with Gasteiger partial charge in [0, 0.05) is 17.4 Å². The van der Waals surface area contributed by atoms with Crippen LogP contribution < -0.4 is 11.1 Å². The smallest absolute Gasteiger partial charge is 0.258 e. The van der Waals surface area contributed by atoms with Crippen LogP contribution in [-0.4, -0.2) is 16.8 Å². The van der Waals surface area contributed by atoms with E-state index in [4.69, 9.17) is 17.3 Å². The number of halogens is 1. The molecule has 0 saturated carbocycles. The average molecular weight is 276 g/mol. The number of hydrogen-bond acceptors (Lipinski definition) is 3. The zero-order valence-electron chi connectivity index (χ0n) is 9.76. The van der Waals surface area contributed by atoms with Gasteiger partial charge in [-0.2, -0.15) is 0 Å². The highest BCUT2D eigenvalue weighted by atomic mass is 35.5. The maximum Gasteiger partial charge on any atom is 0.258 e. The molecule has 96 valence electrons. The van der Waals surface area contributed by atoms with Gasteiger partial charge in [0.25, 0.3) is 5.91 Å². The third kappa shape index (κ3) is 3.08. The van der Waals surface area contributed by atoms with Gasteiger partial charge in [0.15, 0.2) is 0 Å². The lowest BCUT2D eigenvalue weighted by Crippen LogP contribution is -2.15. The Kier molecular flexibility index (Phi) is 3.77. The van der Waals surface area contributed by atoms with E-state index in [-0.39, 0.29) is 10.7 Å². The third-order valence-corrected chi connectivity index (χ3v) is 2.71. The number of benzene rings is 1. The molecule has 0 spiro atoms. The molecule has 0 saturated heterocycles. The molecule has 2 rings (SSSR count). The van der Waals surface area contributed by atoms with E-state index in [0.717, 1.165) is 0 Å².